The molecule has 0 heterocycles. The third kappa shape index (κ3) is 4.55. The maximum Gasteiger partial charge on any atom is 0.163 e. The van der Waals surface area contributed by atoms with E-state index in [4.69, 9.17) is 4.74 Å². The second kappa shape index (κ2) is 9.05. The number of carbonyl (C=O) groups excluding carboxylic acids is 1. The normalized spacial score (nSPS) is 19.6. The molecule has 0 aliphatic heterocycles. The zero-order valence-electron chi connectivity index (χ0n) is 18.1. The molecule has 2 aromatic carbocycles. The van der Waals surface area contributed by atoms with Crippen LogP contribution in [-0.2, 0) is 11.3 Å². The Morgan fingerprint density at radius 2 is 1.36 bits per heavy atom. The summed E-state index contributed by atoms with van der Waals surface area (Å²) in [5.74, 6) is 0.819. The minimum Gasteiger partial charge on any atom is -0.374 e. The zero-order chi connectivity index (χ0) is 20.3. The van der Waals surface area contributed by atoms with Crippen molar-refractivity contribution in [2.24, 2.45) is 5.92 Å². The Hall–Kier alpha value is -1.93. The van der Waals surface area contributed by atoms with Crippen LogP contribution in [0, 0.1) is 40.5 Å². The Balaban J connectivity index is 1.56. The van der Waals surface area contributed by atoms with Crippen LogP contribution in [0.3, 0.4) is 0 Å². The smallest absolute Gasteiger partial charge is 0.163 e. The fourth-order valence-corrected chi connectivity index (χ4v) is 4.57. The molecular formula is C26H34O2. The Morgan fingerprint density at radius 3 is 1.93 bits per heavy atom. The number of hydrogen-bond acceptors (Lipinski definition) is 2. The zero-order valence-corrected chi connectivity index (χ0v) is 18.1. The van der Waals surface area contributed by atoms with Crippen molar-refractivity contribution in [3.05, 3.63) is 69.3 Å². The largest absolute Gasteiger partial charge is 0.374 e. The molecule has 0 unspecified atom stereocenters. The molecular weight excluding hydrogens is 344 g/mol. The van der Waals surface area contributed by atoms with Gasteiger partial charge < -0.3 is 4.74 Å². The van der Waals surface area contributed by atoms with Crippen molar-refractivity contribution in [2.45, 2.75) is 79.4 Å². The van der Waals surface area contributed by atoms with Crippen LogP contribution in [0.15, 0.2) is 30.3 Å². The second-order valence-electron chi connectivity index (χ2n) is 8.57. The minimum absolute atomic E-state index is 0.329. The lowest BCUT2D eigenvalue weighted by Crippen LogP contribution is -2.23. The van der Waals surface area contributed by atoms with Crippen LogP contribution in [-0.4, -0.2) is 11.9 Å². The minimum atomic E-state index is 0.329. The van der Waals surface area contributed by atoms with E-state index in [1.54, 1.807) is 0 Å². The van der Waals surface area contributed by atoms with Gasteiger partial charge in [-0.1, -0.05) is 30.3 Å². The van der Waals surface area contributed by atoms with Crippen molar-refractivity contribution in [1.29, 1.82) is 0 Å². The molecule has 1 saturated carbocycles. The van der Waals surface area contributed by atoms with E-state index in [1.807, 2.05) is 6.07 Å². The highest BCUT2D eigenvalue weighted by atomic mass is 16.5. The highest BCUT2D eigenvalue weighted by Gasteiger charge is 2.26. The van der Waals surface area contributed by atoms with Crippen LogP contribution >= 0.6 is 0 Å². The third-order valence-electron chi connectivity index (χ3n) is 6.88. The van der Waals surface area contributed by atoms with Crippen molar-refractivity contribution < 1.29 is 9.53 Å². The highest BCUT2D eigenvalue weighted by Crippen LogP contribution is 2.32. The Bertz CT molecular complexity index is 798. The van der Waals surface area contributed by atoms with Gasteiger partial charge in [-0.2, -0.15) is 0 Å². The second-order valence-corrected chi connectivity index (χ2v) is 8.57. The quantitative estimate of drug-likeness (QED) is 0.531. The molecule has 2 nitrogen and oxygen atoms in total. The molecule has 0 bridgehead atoms. The Morgan fingerprint density at radius 1 is 0.821 bits per heavy atom. The molecule has 150 valence electrons. The monoisotopic (exact) mass is 378 g/mol. The maximum absolute atomic E-state index is 13.1. The van der Waals surface area contributed by atoms with Gasteiger partial charge in [0.1, 0.15) is 0 Å². The summed E-state index contributed by atoms with van der Waals surface area (Å²) in [6.07, 6.45) is 5.32. The number of Topliss-reactive ketones (excluding diaryl/α,β-unsaturated/α-hetero) is 1. The molecule has 0 N–H and O–H groups in total. The summed E-state index contributed by atoms with van der Waals surface area (Å²) in [5, 5.41) is 0. The Kier molecular flexibility index (Phi) is 6.72. The number of rotatable bonds is 6. The van der Waals surface area contributed by atoms with Gasteiger partial charge in [0.25, 0.3) is 0 Å². The number of benzene rings is 2. The summed E-state index contributed by atoms with van der Waals surface area (Å²) >= 11 is 0. The predicted octanol–water partition coefficient (Wildman–Crippen LogP) is 6.58. The van der Waals surface area contributed by atoms with E-state index in [-0.39, 0.29) is 0 Å². The SMILES string of the molecule is Cc1c(C)c(C)c(C(=O)CC2CCC(OCc3ccccc3)CC2)c(C)c1C. The fraction of sp³-hybridized carbons (Fsp3) is 0.500. The van der Waals surface area contributed by atoms with Crippen LogP contribution in [0.4, 0.5) is 0 Å². The van der Waals surface area contributed by atoms with Crippen LogP contribution in [0.25, 0.3) is 0 Å². The molecule has 1 aliphatic carbocycles. The van der Waals surface area contributed by atoms with Gasteiger partial charge in [-0.25, -0.2) is 0 Å². The lowest BCUT2D eigenvalue weighted by atomic mass is 9.80. The first-order chi connectivity index (χ1) is 13.4. The van der Waals surface area contributed by atoms with Gasteiger partial charge in [-0.05, 0) is 99.6 Å². The van der Waals surface area contributed by atoms with Crippen molar-refractivity contribution in [3.8, 4) is 0 Å². The van der Waals surface area contributed by atoms with Gasteiger partial charge in [-0.15, -0.1) is 0 Å². The van der Waals surface area contributed by atoms with E-state index in [9.17, 15) is 4.79 Å². The molecule has 2 aromatic rings. The van der Waals surface area contributed by atoms with Gasteiger partial charge in [0.15, 0.2) is 5.78 Å². The van der Waals surface area contributed by atoms with Crippen molar-refractivity contribution in [3.63, 3.8) is 0 Å². The fourth-order valence-electron chi connectivity index (χ4n) is 4.57. The molecule has 28 heavy (non-hydrogen) atoms. The first-order valence-corrected chi connectivity index (χ1v) is 10.6. The number of carbonyl (C=O) groups is 1. The highest BCUT2D eigenvalue weighted by molar-refractivity contribution is 5.99. The van der Waals surface area contributed by atoms with E-state index in [0.29, 0.717) is 30.8 Å². The van der Waals surface area contributed by atoms with E-state index >= 15 is 0 Å². The van der Waals surface area contributed by atoms with Gasteiger partial charge in [0, 0.05) is 12.0 Å². The average Bonchev–Trinajstić information content (AvgIpc) is 2.71. The number of ketones is 1. The molecule has 0 radical (unpaired) electrons. The van der Waals surface area contributed by atoms with Gasteiger partial charge >= 0.3 is 0 Å². The molecule has 1 aliphatic rings. The average molecular weight is 379 g/mol. The first-order valence-electron chi connectivity index (χ1n) is 10.6. The van der Waals surface area contributed by atoms with Crippen LogP contribution in [0.5, 0.6) is 0 Å². The maximum atomic E-state index is 13.1. The van der Waals surface area contributed by atoms with Gasteiger partial charge in [0.2, 0.25) is 0 Å². The lowest BCUT2D eigenvalue weighted by molar-refractivity contribution is 0.00660. The molecule has 0 atom stereocenters. The van der Waals surface area contributed by atoms with Crippen molar-refractivity contribution in [2.75, 3.05) is 0 Å². The first kappa shape index (κ1) is 20.8. The lowest BCUT2D eigenvalue weighted by Gasteiger charge is -2.29. The van der Waals surface area contributed by atoms with Crippen molar-refractivity contribution >= 4 is 5.78 Å². The summed E-state index contributed by atoms with van der Waals surface area (Å²) in [6.45, 7) is 11.4. The molecule has 2 heteroatoms. The summed E-state index contributed by atoms with van der Waals surface area (Å²) in [6, 6.07) is 10.4. The number of hydrogen-bond donors (Lipinski definition) is 0. The molecule has 0 saturated heterocycles. The molecule has 0 spiro atoms. The Labute approximate surface area is 170 Å². The van der Waals surface area contributed by atoms with Gasteiger partial charge in [0.05, 0.1) is 12.7 Å². The van der Waals surface area contributed by atoms with E-state index in [0.717, 1.165) is 31.2 Å². The summed E-state index contributed by atoms with van der Waals surface area (Å²) < 4.78 is 6.10. The third-order valence-corrected chi connectivity index (χ3v) is 6.88. The van der Waals surface area contributed by atoms with Crippen LogP contribution in [0.2, 0.25) is 0 Å². The summed E-state index contributed by atoms with van der Waals surface area (Å²) in [4.78, 5) is 13.1. The topological polar surface area (TPSA) is 26.3 Å². The number of ether oxygens (including phenoxy) is 1. The van der Waals surface area contributed by atoms with E-state index < -0.39 is 0 Å². The molecule has 0 amide bonds. The summed E-state index contributed by atoms with van der Waals surface area (Å²) in [5.41, 5.74) is 8.41. The van der Waals surface area contributed by atoms with E-state index in [2.05, 4.69) is 58.9 Å². The summed E-state index contributed by atoms with van der Waals surface area (Å²) in [7, 11) is 0. The van der Waals surface area contributed by atoms with E-state index in [1.165, 1.54) is 33.4 Å². The molecule has 0 aromatic heterocycles. The standard InChI is InChI=1S/C26H34O2/c1-17-18(2)20(4)26(21(5)19(17)3)25(27)15-22-11-13-24(14-12-22)28-16-23-9-7-6-8-10-23/h6-10,22,24H,11-16H2,1-5H3. The molecule has 3 rings (SSSR count). The predicted molar refractivity (Wildman–Crippen MR) is 116 cm³/mol. The van der Waals surface area contributed by atoms with Crippen LogP contribution < -0.4 is 0 Å². The molecule has 1 fully saturated rings. The van der Waals surface area contributed by atoms with Crippen LogP contribution in [0.1, 0.15) is 75.8 Å². The van der Waals surface area contributed by atoms with Crippen molar-refractivity contribution in [1.82, 2.24) is 0 Å². The van der Waals surface area contributed by atoms with Gasteiger partial charge in [-0.3, -0.25) is 4.79 Å².